The Morgan fingerprint density at radius 3 is 2.83 bits per heavy atom. The number of anilines is 1. The second kappa shape index (κ2) is 5.57. The van der Waals surface area contributed by atoms with Crippen molar-refractivity contribution in [2.24, 2.45) is 0 Å². The molecule has 0 amide bonds. The molecule has 0 aliphatic carbocycles. The molecule has 2 aromatic rings. The van der Waals surface area contributed by atoms with E-state index < -0.39 is 0 Å². The first-order chi connectivity index (χ1) is 11.2. The summed E-state index contributed by atoms with van der Waals surface area (Å²) in [4.78, 5) is 2.27. The highest BCUT2D eigenvalue weighted by Crippen LogP contribution is 2.37. The van der Waals surface area contributed by atoms with E-state index >= 15 is 0 Å². The summed E-state index contributed by atoms with van der Waals surface area (Å²) in [7, 11) is 0. The molecule has 0 bridgehead atoms. The van der Waals surface area contributed by atoms with Crippen molar-refractivity contribution in [3.8, 4) is 23.0 Å². The van der Waals surface area contributed by atoms with E-state index in [9.17, 15) is 5.11 Å². The topological polar surface area (TPSA) is 51.2 Å². The first-order valence-electron chi connectivity index (χ1n) is 7.86. The molecule has 5 heteroatoms. The van der Waals surface area contributed by atoms with Crippen LogP contribution in [0.4, 0.5) is 5.69 Å². The summed E-state index contributed by atoms with van der Waals surface area (Å²) in [5, 5.41) is 9.70. The molecule has 1 N–H and O–H groups in total. The lowest BCUT2D eigenvalue weighted by atomic mass is 10.0. The lowest BCUT2D eigenvalue weighted by Gasteiger charge is -2.35. The van der Waals surface area contributed by atoms with E-state index in [-0.39, 0.29) is 18.6 Å². The molecule has 0 aromatic heterocycles. The fraction of sp³-hybridized carbons (Fsp3) is 0.333. The number of fused-ring (bicyclic) bond motifs is 2. The zero-order valence-corrected chi connectivity index (χ0v) is 13.0. The Kier molecular flexibility index (Phi) is 3.41. The minimum Gasteiger partial charge on any atom is -0.508 e. The Morgan fingerprint density at radius 1 is 1.09 bits per heavy atom. The van der Waals surface area contributed by atoms with Crippen molar-refractivity contribution in [3.05, 3.63) is 42.0 Å². The molecule has 4 rings (SSSR count). The van der Waals surface area contributed by atoms with Gasteiger partial charge in [0.2, 0.25) is 6.79 Å². The minimum absolute atomic E-state index is 0.0321. The predicted octanol–water partition coefficient (Wildman–Crippen LogP) is 2.95. The number of aromatic hydroxyl groups is 1. The third-order valence-corrected chi connectivity index (χ3v) is 4.28. The summed E-state index contributed by atoms with van der Waals surface area (Å²) in [5.41, 5.74) is 2.19. The van der Waals surface area contributed by atoms with E-state index in [2.05, 4.69) is 11.8 Å². The van der Waals surface area contributed by atoms with Crippen LogP contribution in [0.15, 0.2) is 36.4 Å². The van der Waals surface area contributed by atoms with Crippen molar-refractivity contribution in [1.82, 2.24) is 0 Å². The van der Waals surface area contributed by atoms with Crippen LogP contribution in [0.5, 0.6) is 23.0 Å². The average Bonchev–Trinajstić information content (AvgIpc) is 3.01. The third kappa shape index (κ3) is 2.63. The minimum atomic E-state index is 0.0321. The van der Waals surface area contributed by atoms with E-state index in [1.165, 1.54) is 0 Å². The smallest absolute Gasteiger partial charge is 0.231 e. The molecule has 0 saturated heterocycles. The van der Waals surface area contributed by atoms with Crippen molar-refractivity contribution < 1.29 is 19.3 Å². The van der Waals surface area contributed by atoms with Gasteiger partial charge < -0.3 is 24.2 Å². The number of phenolic OH excluding ortho intramolecular Hbond substituents is 1. The van der Waals surface area contributed by atoms with Gasteiger partial charge in [-0.25, -0.2) is 0 Å². The fourth-order valence-corrected chi connectivity index (χ4v) is 3.16. The first kappa shape index (κ1) is 14.1. The number of ether oxygens (including phenoxy) is 3. The lowest BCUT2D eigenvalue weighted by molar-refractivity contribution is 0.174. The number of rotatable bonds is 3. The maximum absolute atomic E-state index is 9.70. The van der Waals surface area contributed by atoms with Gasteiger partial charge in [0.1, 0.15) is 17.6 Å². The number of hydrogen-bond donors (Lipinski definition) is 1. The van der Waals surface area contributed by atoms with Crippen LogP contribution in [0.3, 0.4) is 0 Å². The van der Waals surface area contributed by atoms with Gasteiger partial charge in [0.25, 0.3) is 0 Å². The zero-order valence-electron chi connectivity index (χ0n) is 13.0. The van der Waals surface area contributed by atoms with Gasteiger partial charge in [0, 0.05) is 19.0 Å². The summed E-state index contributed by atoms with van der Waals surface area (Å²) >= 11 is 0. The largest absolute Gasteiger partial charge is 0.508 e. The number of nitrogens with zero attached hydrogens (tertiary/aromatic N) is 1. The Morgan fingerprint density at radius 2 is 1.96 bits per heavy atom. The SMILES string of the molecule is CCN1CC(Cc2ccc3c(c2)OCO3)Oc2cc(O)ccc21. The van der Waals surface area contributed by atoms with Gasteiger partial charge in [-0.15, -0.1) is 0 Å². The molecule has 0 fully saturated rings. The van der Waals surface area contributed by atoms with Crippen LogP contribution >= 0.6 is 0 Å². The molecule has 1 unspecified atom stereocenters. The number of likely N-dealkylation sites (N-methyl/N-ethyl adjacent to an activating group) is 1. The van der Waals surface area contributed by atoms with Crippen LogP contribution < -0.4 is 19.1 Å². The van der Waals surface area contributed by atoms with Crippen molar-refractivity contribution in [3.63, 3.8) is 0 Å². The molecule has 2 aliphatic heterocycles. The second-order valence-corrected chi connectivity index (χ2v) is 5.82. The molecule has 120 valence electrons. The molecule has 23 heavy (non-hydrogen) atoms. The Balaban J connectivity index is 1.56. The molecule has 0 spiro atoms. The van der Waals surface area contributed by atoms with Gasteiger partial charge in [-0.3, -0.25) is 0 Å². The van der Waals surface area contributed by atoms with E-state index in [1.807, 2.05) is 24.3 Å². The Bertz CT molecular complexity index is 731. The van der Waals surface area contributed by atoms with Gasteiger partial charge in [-0.1, -0.05) is 6.07 Å². The van der Waals surface area contributed by atoms with Crippen LogP contribution in [0, 0.1) is 0 Å². The van der Waals surface area contributed by atoms with Gasteiger partial charge in [-0.05, 0) is 36.8 Å². The summed E-state index contributed by atoms with van der Waals surface area (Å²) in [6.07, 6.45) is 0.812. The molecule has 0 radical (unpaired) electrons. The van der Waals surface area contributed by atoms with Crippen LogP contribution in [-0.2, 0) is 6.42 Å². The van der Waals surface area contributed by atoms with Crippen LogP contribution in [0.2, 0.25) is 0 Å². The van der Waals surface area contributed by atoms with Gasteiger partial charge >= 0.3 is 0 Å². The molecule has 2 aliphatic rings. The molecule has 2 aromatic carbocycles. The zero-order chi connectivity index (χ0) is 15.8. The normalized spacial score (nSPS) is 18.5. The molecule has 5 nitrogen and oxygen atoms in total. The van der Waals surface area contributed by atoms with Gasteiger partial charge in [-0.2, -0.15) is 0 Å². The van der Waals surface area contributed by atoms with Crippen molar-refractivity contribution >= 4 is 5.69 Å². The maximum atomic E-state index is 9.70. The average molecular weight is 313 g/mol. The second-order valence-electron chi connectivity index (χ2n) is 5.82. The summed E-state index contributed by atoms with van der Waals surface area (Å²) in [5.74, 6) is 2.56. The predicted molar refractivity (Wildman–Crippen MR) is 86.7 cm³/mol. The number of hydrogen-bond acceptors (Lipinski definition) is 5. The third-order valence-electron chi connectivity index (χ3n) is 4.28. The quantitative estimate of drug-likeness (QED) is 0.944. The van der Waals surface area contributed by atoms with E-state index in [4.69, 9.17) is 14.2 Å². The molecular formula is C18H19NO4. The lowest BCUT2D eigenvalue weighted by Crippen LogP contribution is -2.41. The molecular weight excluding hydrogens is 294 g/mol. The number of benzene rings is 2. The van der Waals surface area contributed by atoms with Crippen molar-refractivity contribution in [2.75, 3.05) is 24.8 Å². The molecule has 1 atom stereocenters. The highest BCUT2D eigenvalue weighted by molar-refractivity contribution is 5.62. The fourth-order valence-electron chi connectivity index (χ4n) is 3.16. The van der Waals surface area contributed by atoms with Crippen LogP contribution in [0.1, 0.15) is 12.5 Å². The van der Waals surface area contributed by atoms with Gasteiger partial charge in [0.05, 0.1) is 12.2 Å². The van der Waals surface area contributed by atoms with Crippen molar-refractivity contribution in [1.29, 1.82) is 0 Å². The Hall–Kier alpha value is -2.56. The maximum Gasteiger partial charge on any atom is 0.231 e. The Labute approximate surface area is 135 Å². The van der Waals surface area contributed by atoms with Crippen LogP contribution in [0.25, 0.3) is 0 Å². The summed E-state index contributed by atoms with van der Waals surface area (Å²) < 4.78 is 16.9. The highest BCUT2D eigenvalue weighted by Gasteiger charge is 2.26. The molecule has 2 heterocycles. The summed E-state index contributed by atoms with van der Waals surface area (Å²) in [6.45, 7) is 4.13. The highest BCUT2D eigenvalue weighted by atomic mass is 16.7. The number of phenols is 1. The summed E-state index contributed by atoms with van der Waals surface area (Å²) in [6, 6.07) is 11.3. The standard InChI is InChI=1S/C18H19NO4/c1-2-19-10-14(23-17-9-13(20)4-5-15(17)19)7-12-3-6-16-18(8-12)22-11-21-16/h3-6,8-9,14,20H,2,7,10-11H2,1H3. The monoisotopic (exact) mass is 313 g/mol. The molecule has 0 saturated carbocycles. The van der Waals surface area contributed by atoms with E-state index in [0.29, 0.717) is 0 Å². The van der Waals surface area contributed by atoms with Crippen LogP contribution in [-0.4, -0.2) is 31.1 Å². The van der Waals surface area contributed by atoms with Gasteiger partial charge in [0.15, 0.2) is 11.5 Å². The van der Waals surface area contributed by atoms with E-state index in [1.54, 1.807) is 12.1 Å². The van der Waals surface area contributed by atoms with E-state index in [0.717, 1.165) is 48.0 Å². The van der Waals surface area contributed by atoms with Crippen molar-refractivity contribution in [2.45, 2.75) is 19.4 Å². The first-order valence-corrected chi connectivity index (χ1v) is 7.86.